The zero-order valence-corrected chi connectivity index (χ0v) is 18.4. The number of hydrogen-bond acceptors (Lipinski definition) is 5. The van der Waals surface area contributed by atoms with Crippen molar-refractivity contribution in [2.24, 2.45) is 0 Å². The van der Waals surface area contributed by atoms with Gasteiger partial charge in [0.05, 0.1) is 12.1 Å². The van der Waals surface area contributed by atoms with E-state index >= 15 is 0 Å². The summed E-state index contributed by atoms with van der Waals surface area (Å²) in [5.74, 6) is -0.120. The summed E-state index contributed by atoms with van der Waals surface area (Å²) in [4.78, 5) is 29.4. The number of alkyl halides is 3. The number of aromatic nitrogens is 5. The third kappa shape index (κ3) is 4.98. The lowest BCUT2D eigenvalue weighted by molar-refractivity contribution is -0.137. The monoisotopic (exact) mass is 470 g/mol. The van der Waals surface area contributed by atoms with E-state index in [0.29, 0.717) is 17.2 Å². The minimum Gasteiger partial charge on any atom is -0.325 e. The second-order valence-electron chi connectivity index (χ2n) is 8.12. The van der Waals surface area contributed by atoms with Gasteiger partial charge in [0.2, 0.25) is 5.91 Å². The molecule has 0 bridgehead atoms. The largest absolute Gasteiger partial charge is 0.416 e. The Hall–Kier alpha value is -4.02. The van der Waals surface area contributed by atoms with Crippen LogP contribution in [0.1, 0.15) is 36.5 Å². The molecule has 0 fully saturated rings. The summed E-state index contributed by atoms with van der Waals surface area (Å²) in [6, 6.07) is 12.2. The number of halogens is 3. The highest BCUT2D eigenvalue weighted by atomic mass is 19.4. The van der Waals surface area contributed by atoms with Crippen LogP contribution in [0.25, 0.3) is 11.2 Å². The summed E-state index contributed by atoms with van der Waals surface area (Å²) in [6.45, 7) is 3.75. The third-order valence-corrected chi connectivity index (χ3v) is 5.23. The zero-order valence-electron chi connectivity index (χ0n) is 18.4. The Morgan fingerprint density at radius 1 is 1.12 bits per heavy atom. The van der Waals surface area contributed by atoms with E-state index in [1.807, 2.05) is 32.0 Å². The smallest absolute Gasteiger partial charge is 0.325 e. The van der Waals surface area contributed by atoms with Gasteiger partial charge in [-0.25, -0.2) is 9.67 Å². The molecule has 4 rings (SSSR count). The number of carbonyl (C=O) groups excluding carboxylic acids is 1. The molecule has 2 aromatic heterocycles. The summed E-state index contributed by atoms with van der Waals surface area (Å²) in [7, 11) is 0. The van der Waals surface area contributed by atoms with Gasteiger partial charge in [0.1, 0.15) is 12.9 Å². The summed E-state index contributed by atoms with van der Waals surface area (Å²) in [5, 5.41) is 10.5. The van der Waals surface area contributed by atoms with Gasteiger partial charge >= 0.3 is 6.18 Å². The van der Waals surface area contributed by atoms with Crippen molar-refractivity contribution in [2.75, 3.05) is 5.32 Å². The van der Waals surface area contributed by atoms with Crippen LogP contribution in [-0.4, -0.2) is 30.5 Å². The Morgan fingerprint density at radius 3 is 2.62 bits per heavy atom. The first-order valence-corrected chi connectivity index (χ1v) is 10.5. The van der Waals surface area contributed by atoms with E-state index in [-0.39, 0.29) is 24.3 Å². The van der Waals surface area contributed by atoms with Crippen molar-refractivity contribution in [3.05, 3.63) is 81.9 Å². The van der Waals surface area contributed by atoms with Gasteiger partial charge in [-0.05, 0) is 41.3 Å². The maximum atomic E-state index is 13.0. The second kappa shape index (κ2) is 9.08. The Morgan fingerprint density at radius 2 is 1.88 bits per heavy atom. The molecule has 0 aliphatic heterocycles. The van der Waals surface area contributed by atoms with E-state index in [2.05, 4.69) is 20.6 Å². The summed E-state index contributed by atoms with van der Waals surface area (Å²) in [5.41, 5.74) is 0.685. The molecule has 0 unspecified atom stereocenters. The van der Waals surface area contributed by atoms with Crippen molar-refractivity contribution in [2.45, 2.75) is 39.0 Å². The highest BCUT2D eigenvalue weighted by Crippen LogP contribution is 2.29. The number of carbonyl (C=O) groups is 1. The molecule has 0 saturated carbocycles. The van der Waals surface area contributed by atoms with Crippen LogP contribution >= 0.6 is 0 Å². The fourth-order valence-corrected chi connectivity index (χ4v) is 3.46. The number of nitrogens with one attached hydrogen (secondary N) is 1. The van der Waals surface area contributed by atoms with Gasteiger partial charge in [-0.15, -0.1) is 5.10 Å². The van der Waals surface area contributed by atoms with Gasteiger partial charge in [0, 0.05) is 5.69 Å². The molecule has 1 amide bonds. The number of benzene rings is 2. The standard InChI is InChI=1S/C23H21F3N6O2/c1-14(2)16-6-4-8-18(10-16)28-19(33)12-31-13-27-21-20(22(31)34)29-30-32(21)11-15-5-3-7-17(9-15)23(24,25)26/h3-10,13-14H,11-12H2,1-2H3,(H,28,33). The highest BCUT2D eigenvalue weighted by Gasteiger charge is 2.30. The van der Waals surface area contributed by atoms with Crippen LogP contribution in [0.5, 0.6) is 0 Å². The van der Waals surface area contributed by atoms with Crippen LogP contribution in [0, 0.1) is 0 Å². The van der Waals surface area contributed by atoms with Crippen molar-refractivity contribution in [1.29, 1.82) is 0 Å². The molecular weight excluding hydrogens is 449 g/mol. The molecule has 11 heteroatoms. The fraction of sp³-hybridized carbons (Fsp3) is 0.261. The van der Waals surface area contributed by atoms with Gasteiger partial charge < -0.3 is 5.32 Å². The summed E-state index contributed by atoms with van der Waals surface area (Å²) < 4.78 is 41.3. The van der Waals surface area contributed by atoms with Gasteiger partial charge in [0.15, 0.2) is 11.2 Å². The van der Waals surface area contributed by atoms with E-state index in [1.54, 1.807) is 6.07 Å². The number of amides is 1. The molecule has 0 atom stereocenters. The van der Waals surface area contributed by atoms with Crippen molar-refractivity contribution in [3.63, 3.8) is 0 Å². The number of nitrogens with zero attached hydrogens (tertiary/aromatic N) is 5. The lowest BCUT2D eigenvalue weighted by atomic mass is 10.0. The molecule has 0 aliphatic carbocycles. The van der Waals surface area contributed by atoms with E-state index in [0.717, 1.165) is 22.3 Å². The highest BCUT2D eigenvalue weighted by molar-refractivity contribution is 5.90. The molecule has 0 aliphatic rings. The molecule has 0 saturated heterocycles. The number of fused-ring (bicyclic) bond motifs is 1. The maximum absolute atomic E-state index is 13.0. The molecule has 2 heterocycles. The Bertz CT molecular complexity index is 1410. The first-order valence-electron chi connectivity index (χ1n) is 10.5. The van der Waals surface area contributed by atoms with Gasteiger partial charge in [-0.1, -0.05) is 43.3 Å². The number of rotatable bonds is 6. The van der Waals surface area contributed by atoms with Crippen LogP contribution in [0.3, 0.4) is 0 Å². The Kier molecular flexibility index (Phi) is 6.18. The normalized spacial score (nSPS) is 11.8. The second-order valence-corrected chi connectivity index (χ2v) is 8.12. The minimum atomic E-state index is -4.47. The van der Waals surface area contributed by atoms with Crippen molar-refractivity contribution >= 4 is 22.8 Å². The van der Waals surface area contributed by atoms with E-state index in [9.17, 15) is 22.8 Å². The quantitative estimate of drug-likeness (QED) is 0.462. The summed E-state index contributed by atoms with van der Waals surface area (Å²) >= 11 is 0. The molecule has 176 valence electrons. The molecule has 4 aromatic rings. The van der Waals surface area contributed by atoms with Crippen molar-refractivity contribution < 1.29 is 18.0 Å². The van der Waals surface area contributed by atoms with E-state index < -0.39 is 23.2 Å². The molecule has 34 heavy (non-hydrogen) atoms. The molecular formula is C23H21F3N6O2. The van der Waals surface area contributed by atoms with Crippen molar-refractivity contribution in [3.8, 4) is 0 Å². The van der Waals surface area contributed by atoms with Crippen LogP contribution in [-0.2, 0) is 24.1 Å². The maximum Gasteiger partial charge on any atom is 0.416 e. The van der Waals surface area contributed by atoms with Crippen LogP contribution in [0.15, 0.2) is 59.7 Å². The first kappa shape index (κ1) is 23.1. The minimum absolute atomic E-state index is 0.0520. The van der Waals surface area contributed by atoms with E-state index in [1.165, 1.54) is 23.1 Å². The zero-order chi connectivity index (χ0) is 24.5. The topological polar surface area (TPSA) is 94.7 Å². The predicted molar refractivity (Wildman–Crippen MR) is 119 cm³/mol. The molecule has 8 nitrogen and oxygen atoms in total. The number of anilines is 1. The summed E-state index contributed by atoms with van der Waals surface area (Å²) in [6.07, 6.45) is -3.27. The molecule has 1 N–H and O–H groups in total. The third-order valence-electron chi connectivity index (χ3n) is 5.23. The van der Waals surface area contributed by atoms with Crippen molar-refractivity contribution in [1.82, 2.24) is 24.5 Å². The Labute approximate surface area is 192 Å². The SMILES string of the molecule is CC(C)c1cccc(NC(=O)Cn2cnc3c(nnn3Cc3cccc(C(F)(F)F)c3)c2=O)c1. The molecule has 0 spiro atoms. The fourth-order valence-electron chi connectivity index (χ4n) is 3.46. The van der Waals surface area contributed by atoms with Gasteiger partial charge in [-0.2, -0.15) is 13.2 Å². The molecule has 0 radical (unpaired) electrons. The lowest BCUT2D eigenvalue weighted by Crippen LogP contribution is -2.28. The molecule has 2 aromatic carbocycles. The average molecular weight is 470 g/mol. The van der Waals surface area contributed by atoms with Crippen LogP contribution < -0.4 is 10.9 Å². The van der Waals surface area contributed by atoms with Gasteiger partial charge in [0.25, 0.3) is 5.56 Å². The van der Waals surface area contributed by atoms with Crippen LogP contribution in [0.4, 0.5) is 18.9 Å². The predicted octanol–water partition coefficient (Wildman–Crippen LogP) is 3.82. The van der Waals surface area contributed by atoms with E-state index in [4.69, 9.17) is 0 Å². The lowest BCUT2D eigenvalue weighted by Gasteiger charge is -2.10. The van der Waals surface area contributed by atoms with Gasteiger partial charge in [-0.3, -0.25) is 14.2 Å². The number of hydrogen-bond donors (Lipinski definition) is 1. The average Bonchev–Trinajstić information content (AvgIpc) is 3.19. The Balaban J connectivity index is 1.53. The van der Waals surface area contributed by atoms with Crippen LogP contribution in [0.2, 0.25) is 0 Å². The first-order chi connectivity index (χ1) is 16.1.